The number of carbonyl (C=O) groups excluding carboxylic acids is 13. The molecule has 30 heteroatoms. The lowest BCUT2D eigenvalue weighted by Crippen LogP contribution is -2.78. The van der Waals surface area contributed by atoms with Crippen LogP contribution in [0.25, 0.3) is 0 Å². The Labute approximate surface area is 538 Å². The molecular weight excluding hydrogens is 1220 g/mol. The number of rotatable bonds is 43. The number of aromatic hydroxyl groups is 2. The number of phenolic OH excluding ortho intramolecular Hbond substituents is 2. The van der Waals surface area contributed by atoms with E-state index in [1.807, 2.05) is 13.8 Å². The highest BCUT2D eigenvalue weighted by Gasteiger charge is 2.38. The van der Waals surface area contributed by atoms with Gasteiger partial charge in [-0.15, -0.1) is 0 Å². The molecule has 92 heavy (non-hydrogen) atoms. The van der Waals surface area contributed by atoms with E-state index in [2.05, 4.69) is 44.2 Å². The van der Waals surface area contributed by atoms with Gasteiger partial charge in [0.05, 0.1) is 50.2 Å². The molecule has 0 aliphatic carbocycles. The molecule has 18 N–H and O–H groups in total. The molecule has 10 atom stereocenters. The maximum absolute atomic E-state index is 14.1. The fourth-order valence-electron chi connectivity index (χ4n) is 10.4. The third-order valence-corrected chi connectivity index (χ3v) is 15.9. The van der Waals surface area contributed by atoms with E-state index in [1.165, 1.54) is 48.2 Å². The summed E-state index contributed by atoms with van der Waals surface area (Å²) in [5, 5.41) is 51.2. The van der Waals surface area contributed by atoms with Crippen LogP contribution in [-0.2, 0) is 80.0 Å². The number of phenols is 2. The number of carbonyl (C=O) groups is 14. The van der Waals surface area contributed by atoms with E-state index in [1.54, 1.807) is 19.1 Å². The minimum atomic E-state index is -1.71. The third kappa shape index (κ3) is 27.3. The van der Waals surface area contributed by atoms with Crippen molar-refractivity contribution in [1.82, 2.24) is 31.5 Å². The number of hydrogen-bond acceptors (Lipinski definition) is 18. The van der Waals surface area contributed by atoms with Crippen LogP contribution in [0.3, 0.4) is 0 Å². The Bertz CT molecular complexity index is 2980. The molecule has 1 saturated heterocycles. The zero-order chi connectivity index (χ0) is 68.9. The minimum absolute atomic E-state index is 0.00734. The van der Waals surface area contributed by atoms with Gasteiger partial charge in [-0.05, 0) is 86.3 Å². The number of aliphatic carboxylic acids is 1. The fraction of sp³-hybridized carbons (Fsp3) is 0.565. The molecule has 0 aromatic heterocycles. The lowest BCUT2D eigenvalue weighted by Gasteiger charge is -2.27. The Morgan fingerprint density at radius 2 is 1.10 bits per heavy atom. The van der Waals surface area contributed by atoms with Crippen LogP contribution in [0.2, 0.25) is 0 Å². The molecule has 1 heterocycles. The predicted molar refractivity (Wildman–Crippen MR) is 335 cm³/mol. The number of benzene rings is 2. The van der Waals surface area contributed by atoms with Crippen molar-refractivity contribution in [1.29, 1.82) is 0 Å². The third-order valence-electron chi connectivity index (χ3n) is 15.5. The molecule has 2 aromatic rings. The number of ketones is 5. The van der Waals surface area contributed by atoms with Gasteiger partial charge >= 0.3 is 11.9 Å². The summed E-state index contributed by atoms with van der Waals surface area (Å²) in [6.45, 7) is 6.50. The van der Waals surface area contributed by atoms with Gasteiger partial charge in [0, 0.05) is 80.9 Å². The van der Waals surface area contributed by atoms with E-state index in [0.717, 1.165) is 0 Å². The number of thiol groups is 1. The topological polar surface area (TPSA) is 501 Å². The van der Waals surface area contributed by atoms with E-state index < -0.39 is 188 Å². The highest BCUT2D eigenvalue weighted by atomic mass is 32.1. The van der Waals surface area contributed by atoms with Crippen LogP contribution in [0, 0.1) is 29.6 Å². The number of nitrogens with zero attached hydrogens (tertiary/aromatic N) is 1. The molecule has 0 bridgehead atoms. The second-order valence-corrected chi connectivity index (χ2v) is 24.0. The number of aliphatic hydroxyl groups excluding tert-OH is 1. The van der Waals surface area contributed by atoms with Gasteiger partial charge in [0.2, 0.25) is 47.3 Å². The molecule has 1 aliphatic heterocycles. The molecule has 0 saturated carbocycles. The molecule has 0 radical (unpaired) electrons. The summed E-state index contributed by atoms with van der Waals surface area (Å²) in [5.74, 6) is -15.4. The van der Waals surface area contributed by atoms with Crippen molar-refractivity contribution in [2.24, 2.45) is 52.5 Å². The predicted octanol–water partition coefficient (Wildman–Crippen LogP) is -2.68. The van der Waals surface area contributed by atoms with Crippen LogP contribution in [0.4, 0.5) is 0 Å². The van der Waals surface area contributed by atoms with Crippen LogP contribution in [0.1, 0.15) is 129 Å². The number of guanidine groups is 1. The lowest BCUT2D eigenvalue weighted by atomic mass is 9.86. The summed E-state index contributed by atoms with van der Waals surface area (Å²) in [7, 11) is 0. The van der Waals surface area contributed by atoms with Crippen LogP contribution < -0.4 is 54.5 Å². The Balaban J connectivity index is 1.66. The van der Waals surface area contributed by atoms with Crippen molar-refractivity contribution < 1.29 is 92.5 Å². The Morgan fingerprint density at radius 3 is 1.60 bits per heavy atom. The second-order valence-electron chi connectivity index (χ2n) is 23.7. The van der Waals surface area contributed by atoms with E-state index in [9.17, 15) is 87.5 Å². The smallest absolute Gasteiger partial charge is 0.338 e. The summed E-state index contributed by atoms with van der Waals surface area (Å²) < 4.78 is 0. The van der Waals surface area contributed by atoms with Gasteiger partial charge in [-0.25, -0.2) is 0 Å². The first kappa shape index (κ1) is 77.4. The zero-order valence-electron chi connectivity index (χ0n) is 52.3. The molecular formula is C62H90N11O18S+. The Kier molecular flexibility index (Phi) is 32.7. The van der Waals surface area contributed by atoms with Crippen LogP contribution in [0.5, 0.6) is 11.5 Å². The van der Waals surface area contributed by atoms with Crippen molar-refractivity contribution in [3.63, 3.8) is 0 Å². The summed E-state index contributed by atoms with van der Waals surface area (Å²) in [6, 6.07) is 3.42. The highest BCUT2D eigenvalue weighted by molar-refractivity contribution is 7.80. The van der Waals surface area contributed by atoms with Gasteiger partial charge in [-0.2, -0.15) is 12.6 Å². The van der Waals surface area contributed by atoms with Gasteiger partial charge in [-0.1, -0.05) is 52.0 Å². The van der Waals surface area contributed by atoms with Crippen molar-refractivity contribution in [2.45, 2.75) is 167 Å². The van der Waals surface area contributed by atoms with E-state index in [-0.39, 0.29) is 92.4 Å². The number of Topliss-reactive ketones (excluding diaryl/α,β-unsaturated/α-hetero) is 5. The first-order valence-electron chi connectivity index (χ1n) is 30.4. The second kappa shape index (κ2) is 38.8. The SMILES string of the molecule is CC(C)C[C@H](C)C(=O)C[C@@H](Cc1ccc(O)cc1)C(=O)N[C@@H](CCC[NH+]=C(N)N)C(=O)C[C@@H](C)C(=O)N[C@@H](CC(N)=O)C(=O)CCC(=O)N[C@@H](CC(=O)O)C(=O)CCC(=O)N1CCC[C@H]1C(=O)N[C@@H](CS)C(=O)C[C@@H](Cc1ccc(O)cc1)C(=O)N[C@@H](CO)C(N)=O. The van der Waals surface area contributed by atoms with Gasteiger partial charge in [0.1, 0.15) is 29.4 Å². The summed E-state index contributed by atoms with van der Waals surface area (Å²) in [6.07, 6.45) is -4.00. The number of amides is 8. The molecule has 506 valence electrons. The van der Waals surface area contributed by atoms with Crippen molar-refractivity contribution in [3.05, 3.63) is 59.7 Å². The van der Waals surface area contributed by atoms with Crippen LogP contribution in [-0.4, -0.2) is 175 Å². The van der Waals surface area contributed by atoms with Crippen LogP contribution in [0.15, 0.2) is 48.5 Å². The number of primary amides is 2. The Hall–Kier alpha value is -8.80. The Morgan fingerprint density at radius 1 is 0.587 bits per heavy atom. The number of aliphatic hydroxyl groups is 1. The molecule has 29 nitrogen and oxygen atoms in total. The first-order chi connectivity index (χ1) is 43.3. The largest absolute Gasteiger partial charge is 0.508 e. The monoisotopic (exact) mass is 1310 g/mol. The molecule has 1 aliphatic rings. The maximum Gasteiger partial charge on any atom is 0.338 e. The van der Waals surface area contributed by atoms with Crippen LogP contribution >= 0.6 is 12.6 Å². The minimum Gasteiger partial charge on any atom is -0.508 e. The van der Waals surface area contributed by atoms with Gasteiger partial charge in [0.15, 0.2) is 23.1 Å². The number of carboxylic acid groups (broad SMARTS) is 1. The van der Waals surface area contributed by atoms with E-state index >= 15 is 0 Å². The number of carboxylic acids is 1. The summed E-state index contributed by atoms with van der Waals surface area (Å²) in [5.41, 5.74) is 23.0. The average Bonchev–Trinajstić information content (AvgIpc) is 1.64. The molecule has 2 aromatic carbocycles. The van der Waals surface area contributed by atoms with Gasteiger partial charge in [0.25, 0.3) is 0 Å². The molecule has 8 amide bonds. The van der Waals surface area contributed by atoms with Crippen molar-refractivity contribution in [2.75, 3.05) is 25.4 Å². The number of likely N-dealkylation sites (tertiary alicyclic amines) is 1. The normalized spacial score (nSPS) is 15.7. The van der Waals surface area contributed by atoms with Gasteiger partial charge < -0.3 is 63.4 Å². The standard InChI is InChI=1S/C62H89N11O18S/c1-33(2)23-34(3)50(79)27-38(25-36-9-13-40(75)14-10-36)59(89)69-42(7-5-21-67-62(65)66)51(80)24-35(4)58(88)70-43(29-53(63)82)48(77)17-19-54(83)68-44(30-56(85)86)49(78)18-20-55(84)73-22-6-8-47(73)61(91)72-46(32-92)52(81)28-39(26-37-11-15-41(76)16-12-37)60(90)71-45(31-74)57(64)87/h9-16,33-35,38-39,42-47,74-76,92H,5-8,17-32H2,1-4H3,(H2,63,82)(H2,64,87)(H,68,83)(H,69,89)(H,70,88)(H,71,90)(H,72,91)(H,85,86)(H4,65,66,67)/p+1/t34-,35+,38+,39+,42-,43-,44-,45-,46-,47-/m0/s1. The zero-order valence-corrected chi connectivity index (χ0v) is 53.2. The number of hydrogen-bond donors (Lipinski definition) is 15. The van der Waals surface area contributed by atoms with E-state index in [0.29, 0.717) is 24.0 Å². The number of nitrogens with one attached hydrogen (secondary N) is 6. The highest BCUT2D eigenvalue weighted by Crippen LogP contribution is 2.24. The average molecular weight is 1310 g/mol. The quantitative estimate of drug-likeness (QED) is 0.0139. The molecule has 3 rings (SSSR count). The van der Waals surface area contributed by atoms with Crippen molar-refractivity contribution >= 4 is 101 Å². The van der Waals surface area contributed by atoms with Gasteiger partial charge in [-0.3, -0.25) is 83.6 Å². The lowest BCUT2D eigenvalue weighted by molar-refractivity contribution is -0.459. The van der Waals surface area contributed by atoms with Crippen molar-refractivity contribution in [3.8, 4) is 11.5 Å². The maximum atomic E-state index is 14.1. The summed E-state index contributed by atoms with van der Waals surface area (Å²) in [4.78, 5) is 190. The fourth-order valence-corrected chi connectivity index (χ4v) is 10.7. The molecule has 0 unspecified atom stereocenters. The first-order valence-corrected chi connectivity index (χ1v) is 31.1. The van der Waals surface area contributed by atoms with E-state index in [4.69, 9.17) is 22.9 Å². The number of nitrogens with two attached hydrogens (primary N) is 4. The molecule has 0 spiro atoms. The molecule has 1 fully saturated rings. The summed E-state index contributed by atoms with van der Waals surface area (Å²) >= 11 is 4.23.